The van der Waals surface area contributed by atoms with Crippen LogP contribution in [0, 0.1) is 0 Å². The molecule has 3 rings (SSSR count). The van der Waals surface area contributed by atoms with Crippen LogP contribution in [0.5, 0.6) is 0 Å². The van der Waals surface area contributed by atoms with Gasteiger partial charge in [0.1, 0.15) is 6.54 Å². The van der Waals surface area contributed by atoms with Crippen LogP contribution >= 0.6 is 11.6 Å². The molecule has 0 aliphatic carbocycles. The van der Waals surface area contributed by atoms with E-state index in [0.717, 1.165) is 10.5 Å². The number of rotatable bonds is 6. The molecule has 1 unspecified atom stereocenters. The number of benzene rings is 2. The number of nitrogens with one attached hydrogen (secondary N) is 1. The molecule has 0 spiro atoms. The van der Waals surface area contributed by atoms with Crippen LogP contribution in [-0.2, 0) is 4.79 Å². The van der Waals surface area contributed by atoms with Crippen LogP contribution in [0.15, 0.2) is 48.5 Å². The highest BCUT2D eigenvalue weighted by molar-refractivity contribution is 6.30. The van der Waals surface area contributed by atoms with Crippen LogP contribution in [-0.4, -0.2) is 54.7 Å². The quantitative estimate of drug-likeness (QED) is 0.775. The molecule has 1 aliphatic rings. The van der Waals surface area contributed by atoms with E-state index in [1.54, 1.807) is 36.4 Å². The molecule has 0 bridgehead atoms. The lowest BCUT2D eigenvalue weighted by Gasteiger charge is -2.25. The Kier molecular flexibility index (Phi) is 5.58. The van der Waals surface area contributed by atoms with Crippen molar-refractivity contribution in [3.05, 3.63) is 70.2 Å². The highest BCUT2D eigenvalue weighted by Crippen LogP contribution is 2.22. The van der Waals surface area contributed by atoms with Crippen molar-refractivity contribution in [3.8, 4) is 0 Å². The summed E-state index contributed by atoms with van der Waals surface area (Å²) in [5.41, 5.74) is 1.68. The number of fused-ring (bicyclic) bond motifs is 1. The van der Waals surface area contributed by atoms with E-state index in [9.17, 15) is 14.4 Å². The van der Waals surface area contributed by atoms with Crippen LogP contribution in [0.3, 0.4) is 0 Å². The van der Waals surface area contributed by atoms with Crippen molar-refractivity contribution in [3.63, 3.8) is 0 Å². The van der Waals surface area contributed by atoms with E-state index in [2.05, 4.69) is 5.32 Å². The molecule has 1 atom stereocenters. The van der Waals surface area contributed by atoms with Gasteiger partial charge >= 0.3 is 0 Å². The molecular weight excluding hydrogens is 366 g/mol. The van der Waals surface area contributed by atoms with E-state index < -0.39 is 11.8 Å². The van der Waals surface area contributed by atoms with Crippen molar-refractivity contribution < 1.29 is 14.4 Å². The Morgan fingerprint density at radius 2 is 1.59 bits per heavy atom. The molecule has 3 amide bonds. The van der Waals surface area contributed by atoms with Gasteiger partial charge in [-0.2, -0.15) is 0 Å². The normalized spacial score (nSPS) is 14.4. The highest BCUT2D eigenvalue weighted by Gasteiger charge is 2.36. The predicted octanol–water partition coefficient (Wildman–Crippen LogP) is 2.36. The SMILES string of the molecule is CN(C)C(CNC(=O)CN1C(=O)c2ccccc2C1=O)c1ccc(Cl)cc1. The van der Waals surface area contributed by atoms with Crippen LogP contribution in [0.1, 0.15) is 32.3 Å². The number of hydrogen-bond donors (Lipinski definition) is 1. The van der Waals surface area contributed by atoms with Gasteiger partial charge in [-0.3, -0.25) is 19.3 Å². The average molecular weight is 386 g/mol. The molecule has 1 N–H and O–H groups in total. The molecule has 140 valence electrons. The summed E-state index contributed by atoms with van der Waals surface area (Å²) in [5, 5.41) is 3.46. The number of amides is 3. The van der Waals surface area contributed by atoms with Gasteiger partial charge in [0.05, 0.1) is 17.2 Å². The van der Waals surface area contributed by atoms with E-state index in [0.29, 0.717) is 22.7 Å². The largest absolute Gasteiger partial charge is 0.353 e. The zero-order valence-corrected chi connectivity index (χ0v) is 15.9. The Bertz CT molecular complexity index is 845. The van der Waals surface area contributed by atoms with Crippen LogP contribution in [0.2, 0.25) is 5.02 Å². The van der Waals surface area contributed by atoms with Gasteiger partial charge in [-0.05, 0) is 43.9 Å². The molecule has 0 aromatic heterocycles. The van der Waals surface area contributed by atoms with Gasteiger partial charge in [-0.25, -0.2) is 0 Å². The fourth-order valence-corrected chi connectivity index (χ4v) is 3.20. The molecule has 2 aromatic carbocycles. The number of nitrogens with zero attached hydrogens (tertiary/aromatic N) is 2. The third-order valence-electron chi connectivity index (χ3n) is 4.55. The van der Waals surface area contributed by atoms with Crippen LogP contribution < -0.4 is 5.32 Å². The Morgan fingerprint density at radius 3 is 2.11 bits per heavy atom. The van der Waals surface area contributed by atoms with E-state index in [1.165, 1.54) is 0 Å². The predicted molar refractivity (Wildman–Crippen MR) is 103 cm³/mol. The summed E-state index contributed by atoms with van der Waals surface area (Å²) in [6.07, 6.45) is 0. The maximum absolute atomic E-state index is 12.4. The number of carbonyl (C=O) groups excluding carboxylic acids is 3. The lowest BCUT2D eigenvalue weighted by atomic mass is 10.1. The van der Waals surface area contributed by atoms with Gasteiger partial charge in [-0.1, -0.05) is 35.9 Å². The van der Waals surface area contributed by atoms with Gasteiger partial charge in [0.15, 0.2) is 0 Å². The van der Waals surface area contributed by atoms with Gasteiger partial charge in [0, 0.05) is 11.6 Å². The third kappa shape index (κ3) is 4.02. The molecule has 1 heterocycles. The van der Waals surface area contributed by atoms with Crippen molar-refractivity contribution >= 4 is 29.3 Å². The molecule has 6 nitrogen and oxygen atoms in total. The number of carbonyl (C=O) groups is 3. The lowest BCUT2D eigenvalue weighted by molar-refractivity contribution is -0.121. The lowest BCUT2D eigenvalue weighted by Crippen LogP contribution is -2.42. The van der Waals surface area contributed by atoms with Crippen LogP contribution in [0.4, 0.5) is 0 Å². The average Bonchev–Trinajstić information content (AvgIpc) is 2.88. The minimum Gasteiger partial charge on any atom is -0.353 e. The fourth-order valence-electron chi connectivity index (χ4n) is 3.08. The second-order valence-corrected chi connectivity index (χ2v) is 7.01. The Labute approximate surface area is 162 Å². The minimum absolute atomic E-state index is 0.0617. The molecule has 0 radical (unpaired) electrons. The summed E-state index contributed by atoms with van der Waals surface area (Å²) in [4.78, 5) is 40.0. The van der Waals surface area contributed by atoms with Gasteiger partial charge in [-0.15, -0.1) is 0 Å². The number of hydrogen-bond acceptors (Lipinski definition) is 4. The van der Waals surface area contributed by atoms with Gasteiger partial charge in [0.2, 0.25) is 5.91 Å². The zero-order chi connectivity index (χ0) is 19.6. The van der Waals surface area contributed by atoms with E-state index in [4.69, 9.17) is 11.6 Å². The van der Waals surface area contributed by atoms with Crippen molar-refractivity contribution in [1.82, 2.24) is 15.1 Å². The van der Waals surface area contributed by atoms with Crippen LogP contribution in [0.25, 0.3) is 0 Å². The monoisotopic (exact) mass is 385 g/mol. The number of imide groups is 1. The van der Waals surface area contributed by atoms with Crippen molar-refractivity contribution in [2.45, 2.75) is 6.04 Å². The number of halogens is 1. The first-order valence-electron chi connectivity index (χ1n) is 8.52. The van der Waals surface area contributed by atoms with Crippen molar-refractivity contribution in [2.75, 3.05) is 27.2 Å². The minimum atomic E-state index is -0.437. The summed E-state index contributed by atoms with van der Waals surface area (Å²) < 4.78 is 0. The summed E-state index contributed by atoms with van der Waals surface area (Å²) in [5.74, 6) is -1.26. The maximum Gasteiger partial charge on any atom is 0.262 e. The summed E-state index contributed by atoms with van der Waals surface area (Å²) in [7, 11) is 3.82. The van der Waals surface area contributed by atoms with E-state index >= 15 is 0 Å². The summed E-state index contributed by atoms with van der Waals surface area (Å²) in [6, 6.07) is 13.9. The smallest absolute Gasteiger partial charge is 0.262 e. The molecule has 0 fully saturated rings. The molecule has 2 aromatic rings. The Hall–Kier alpha value is -2.70. The first kappa shape index (κ1) is 19.1. The second kappa shape index (κ2) is 7.90. The van der Waals surface area contributed by atoms with Gasteiger partial charge < -0.3 is 10.2 Å². The first-order valence-corrected chi connectivity index (χ1v) is 8.90. The maximum atomic E-state index is 12.4. The standard InChI is InChI=1S/C20H20ClN3O3/c1-23(2)17(13-7-9-14(21)10-8-13)11-22-18(25)12-24-19(26)15-5-3-4-6-16(15)20(24)27/h3-10,17H,11-12H2,1-2H3,(H,22,25). The molecule has 0 saturated heterocycles. The topological polar surface area (TPSA) is 69.7 Å². The second-order valence-electron chi connectivity index (χ2n) is 6.58. The summed E-state index contributed by atoms with van der Waals surface area (Å²) >= 11 is 5.93. The van der Waals surface area contributed by atoms with E-state index in [-0.39, 0.29) is 18.5 Å². The number of likely N-dealkylation sites (N-methyl/N-ethyl adjacent to an activating group) is 1. The fraction of sp³-hybridized carbons (Fsp3) is 0.250. The highest BCUT2D eigenvalue weighted by atomic mass is 35.5. The molecule has 7 heteroatoms. The zero-order valence-electron chi connectivity index (χ0n) is 15.1. The Balaban J connectivity index is 1.63. The van der Waals surface area contributed by atoms with E-state index in [1.807, 2.05) is 31.1 Å². The third-order valence-corrected chi connectivity index (χ3v) is 4.80. The molecule has 27 heavy (non-hydrogen) atoms. The van der Waals surface area contributed by atoms with Gasteiger partial charge in [0.25, 0.3) is 11.8 Å². The summed E-state index contributed by atoms with van der Waals surface area (Å²) in [6.45, 7) is 0.0454. The molecule has 0 saturated carbocycles. The first-order chi connectivity index (χ1) is 12.9. The van der Waals surface area contributed by atoms with Crippen molar-refractivity contribution in [2.24, 2.45) is 0 Å². The Morgan fingerprint density at radius 1 is 1.04 bits per heavy atom. The van der Waals surface area contributed by atoms with Crippen molar-refractivity contribution in [1.29, 1.82) is 0 Å². The molecular formula is C20H20ClN3O3. The molecule has 1 aliphatic heterocycles.